The zero-order valence-electron chi connectivity index (χ0n) is 13.7. The Bertz CT molecular complexity index is 852. The summed E-state index contributed by atoms with van der Waals surface area (Å²) in [7, 11) is 0. The molecule has 0 aliphatic carbocycles. The Morgan fingerprint density at radius 2 is 1.84 bits per heavy atom. The van der Waals surface area contributed by atoms with Crippen LogP contribution in [0, 0.1) is 5.82 Å². The van der Waals surface area contributed by atoms with Gasteiger partial charge in [-0.25, -0.2) is 4.39 Å². The van der Waals surface area contributed by atoms with Crippen LogP contribution in [0.25, 0.3) is 6.08 Å². The zero-order valence-corrected chi connectivity index (χ0v) is 13.7. The quantitative estimate of drug-likeness (QED) is 0.866. The van der Waals surface area contributed by atoms with Gasteiger partial charge in [0.25, 0.3) is 0 Å². The maximum Gasteiger partial charge on any atom is 0.231 e. The van der Waals surface area contributed by atoms with Crippen LogP contribution in [-0.2, 0) is 6.54 Å². The van der Waals surface area contributed by atoms with Crippen molar-refractivity contribution in [3.63, 3.8) is 0 Å². The van der Waals surface area contributed by atoms with E-state index < -0.39 is 0 Å². The molecular weight excluding hydrogens is 321 g/mol. The highest BCUT2D eigenvalue weighted by molar-refractivity contribution is 6.14. The fraction of sp³-hybridized carbons (Fsp3) is 0.250. The number of halogens is 1. The molecule has 1 saturated heterocycles. The summed E-state index contributed by atoms with van der Waals surface area (Å²) >= 11 is 0. The minimum Gasteiger partial charge on any atom is -0.872 e. The number of carbonyl (C=O) groups is 1. The number of hydrogen-bond acceptors (Lipinski definition) is 3. The highest BCUT2D eigenvalue weighted by atomic mass is 19.1. The molecule has 0 unspecified atom stereocenters. The smallest absolute Gasteiger partial charge is 0.231 e. The van der Waals surface area contributed by atoms with Crippen molar-refractivity contribution in [3.05, 3.63) is 64.7 Å². The van der Waals surface area contributed by atoms with Gasteiger partial charge in [0.2, 0.25) is 5.78 Å². The molecule has 0 saturated carbocycles. The molecule has 0 spiro atoms. The second-order valence-electron chi connectivity index (χ2n) is 6.54. The van der Waals surface area contributed by atoms with Crippen LogP contribution in [0.4, 0.5) is 4.39 Å². The van der Waals surface area contributed by atoms with E-state index in [1.54, 1.807) is 18.2 Å². The van der Waals surface area contributed by atoms with Crippen LogP contribution < -0.4 is 14.7 Å². The Morgan fingerprint density at radius 1 is 1.12 bits per heavy atom. The summed E-state index contributed by atoms with van der Waals surface area (Å²) in [6.07, 6.45) is 3.90. The van der Waals surface area contributed by atoms with Gasteiger partial charge in [-0.3, -0.25) is 4.79 Å². The number of fused-ring (bicyclic) bond motifs is 1. The lowest BCUT2D eigenvalue weighted by Gasteiger charge is -2.19. The molecular formula is C20H18FNO3. The van der Waals surface area contributed by atoms with Crippen LogP contribution in [0.3, 0.4) is 0 Å². The Morgan fingerprint density at radius 3 is 2.56 bits per heavy atom. The average molecular weight is 339 g/mol. The maximum absolute atomic E-state index is 13.0. The van der Waals surface area contributed by atoms with E-state index in [9.17, 15) is 14.3 Å². The number of quaternary nitrogens is 1. The van der Waals surface area contributed by atoms with E-state index in [0.29, 0.717) is 29.0 Å². The number of carbonyl (C=O) groups excluding carboxylic acids is 1. The van der Waals surface area contributed by atoms with Gasteiger partial charge in [-0.1, -0.05) is 23.9 Å². The molecule has 128 valence electrons. The van der Waals surface area contributed by atoms with Gasteiger partial charge in [0.15, 0.2) is 5.76 Å². The van der Waals surface area contributed by atoms with E-state index in [4.69, 9.17) is 4.74 Å². The molecule has 2 aliphatic heterocycles. The standard InChI is InChI=1S/C20H18FNO3/c21-14-5-3-13(4-6-14)11-18-19(24)15-7-8-17(23)16(20(15)25-18)12-22-9-1-2-10-22/h3-8,11,23H,1-2,9-10,12H2. The number of Topliss-reactive ketones (excluding diaryl/α,β-unsaturated/α-hetero) is 1. The highest BCUT2D eigenvalue weighted by Gasteiger charge is 2.31. The third kappa shape index (κ3) is 3.03. The van der Waals surface area contributed by atoms with Crippen molar-refractivity contribution < 1.29 is 23.9 Å². The van der Waals surface area contributed by atoms with Gasteiger partial charge >= 0.3 is 0 Å². The van der Waals surface area contributed by atoms with Gasteiger partial charge in [0.1, 0.15) is 18.1 Å². The maximum atomic E-state index is 13.0. The van der Waals surface area contributed by atoms with E-state index in [1.165, 1.54) is 29.2 Å². The van der Waals surface area contributed by atoms with Gasteiger partial charge in [-0.15, -0.1) is 0 Å². The monoisotopic (exact) mass is 339 g/mol. The van der Waals surface area contributed by atoms with Crippen molar-refractivity contribution in [1.82, 2.24) is 0 Å². The van der Waals surface area contributed by atoms with Crippen LogP contribution >= 0.6 is 0 Å². The summed E-state index contributed by atoms with van der Waals surface area (Å²) in [5.74, 6) is -0.0999. The summed E-state index contributed by atoms with van der Waals surface area (Å²) in [4.78, 5) is 13.9. The van der Waals surface area contributed by atoms with Crippen molar-refractivity contribution in [2.24, 2.45) is 0 Å². The third-order valence-corrected chi connectivity index (χ3v) is 4.80. The number of ether oxygens (including phenoxy) is 1. The van der Waals surface area contributed by atoms with Crippen molar-refractivity contribution in [2.45, 2.75) is 19.4 Å². The molecule has 1 N–H and O–H groups in total. The molecule has 0 amide bonds. The molecule has 0 aromatic heterocycles. The Balaban J connectivity index is 1.67. The average Bonchev–Trinajstić information content (AvgIpc) is 3.22. The number of hydrogen-bond donors (Lipinski definition) is 1. The molecule has 0 atom stereocenters. The van der Waals surface area contributed by atoms with Crippen molar-refractivity contribution in [1.29, 1.82) is 0 Å². The Kier molecular flexibility index (Phi) is 4.01. The number of allylic oxidation sites excluding steroid dienone is 1. The van der Waals surface area contributed by atoms with Crippen LogP contribution in [0.2, 0.25) is 0 Å². The lowest BCUT2D eigenvalue weighted by atomic mass is 10.0. The fourth-order valence-corrected chi connectivity index (χ4v) is 3.47. The summed E-state index contributed by atoms with van der Waals surface area (Å²) in [5, 5.41) is 12.3. The van der Waals surface area contributed by atoms with Crippen LogP contribution in [-0.4, -0.2) is 18.9 Å². The van der Waals surface area contributed by atoms with Crippen molar-refractivity contribution in [3.8, 4) is 11.5 Å². The Hall–Kier alpha value is -2.66. The lowest BCUT2D eigenvalue weighted by Crippen LogP contribution is -3.08. The molecule has 0 bridgehead atoms. The summed E-state index contributed by atoms with van der Waals surface area (Å²) in [6.45, 7) is 2.66. The van der Waals surface area contributed by atoms with Gasteiger partial charge in [0.05, 0.1) is 18.7 Å². The van der Waals surface area contributed by atoms with Gasteiger partial charge in [0, 0.05) is 18.4 Å². The first-order chi connectivity index (χ1) is 12.1. The number of nitrogens with one attached hydrogen (secondary N) is 1. The first-order valence-corrected chi connectivity index (χ1v) is 8.48. The molecule has 0 radical (unpaired) electrons. The second-order valence-corrected chi connectivity index (χ2v) is 6.54. The summed E-state index contributed by atoms with van der Waals surface area (Å²) in [5.41, 5.74) is 1.68. The largest absolute Gasteiger partial charge is 0.872 e. The van der Waals surface area contributed by atoms with Crippen molar-refractivity contribution >= 4 is 11.9 Å². The number of ketones is 1. The highest BCUT2D eigenvalue weighted by Crippen LogP contribution is 2.38. The molecule has 4 nitrogen and oxygen atoms in total. The topological polar surface area (TPSA) is 53.8 Å². The molecule has 4 rings (SSSR count). The van der Waals surface area contributed by atoms with E-state index in [-0.39, 0.29) is 23.1 Å². The first kappa shape index (κ1) is 15.8. The number of rotatable bonds is 3. The van der Waals surface area contributed by atoms with E-state index in [2.05, 4.69) is 0 Å². The van der Waals surface area contributed by atoms with Crippen LogP contribution in [0.15, 0.2) is 42.2 Å². The minimum atomic E-state index is -0.337. The molecule has 2 aromatic rings. The van der Waals surface area contributed by atoms with E-state index >= 15 is 0 Å². The van der Waals surface area contributed by atoms with Crippen LogP contribution in [0.5, 0.6) is 11.5 Å². The van der Waals surface area contributed by atoms with E-state index in [0.717, 1.165) is 25.9 Å². The molecule has 2 heterocycles. The third-order valence-electron chi connectivity index (χ3n) is 4.80. The number of likely N-dealkylation sites (tertiary alicyclic amines) is 1. The van der Waals surface area contributed by atoms with Gasteiger partial charge in [-0.05, 0) is 29.8 Å². The predicted octanol–water partition coefficient (Wildman–Crippen LogP) is 1.69. The van der Waals surface area contributed by atoms with Crippen LogP contribution in [0.1, 0.15) is 34.3 Å². The first-order valence-electron chi connectivity index (χ1n) is 8.48. The normalized spacial score (nSPS) is 18.6. The zero-order chi connectivity index (χ0) is 17.4. The summed E-state index contributed by atoms with van der Waals surface area (Å²) in [6, 6.07) is 8.81. The predicted molar refractivity (Wildman–Crippen MR) is 88.9 cm³/mol. The summed E-state index contributed by atoms with van der Waals surface area (Å²) < 4.78 is 18.8. The van der Waals surface area contributed by atoms with Gasteiger partial charge in [-0.2, -0.15) is 0 Å². The molecule has 1 fully saturated rings. The minimum absolute atomic E-state index is 0.0889. The molecule has 2 aliphatic rings. The van der Waals surface area contributed by atoms with E-state index in [1.807, 2.05) is 0 Å². The van der Waals surface area contributed by atoms with Gasteiger partial charge < -0.3 is 14.7 Å². The molecule has 5 heteroatoms. The number of benzene rings is 2. The second kappa shape index (κ2) is 6.33. The lowest BCUT2D eigenvalue weighted by molar-refractivity contribution is -0.901. The molecule has 25 heavy (non-hydrogen) atoms. The fourth-order valence-electron chi connectivity index (χ4n) is 3.47. The molecule has 2 aromatic carbocycles. The van der Waals surface area contributed by atoms with Crippen molar-refractivity contribution in [2.75, 3.05) is 13.1 Å². The Labute approximate surface area is 145 Å². The SMILES string of the molecule is O=C1C(=Cc2ccc(F)cc2)Oc2c1ccc([O-])c2C[NH+]1CCCC1.